The number of ether oxygens (including phenoxy) is 1. The van der Waals surface area contributed by atoms with Crippen LogP contribution in [0.2, 0.25) is 20.1 Å². The van der Waals surface area contributed by atoms with E-state index in [1.807, 2.05) is 32.0 Å². The van der Waals surface area contributed by atoms with Crippen molar-refractivity contribution in [3.63, 3.8) is 0 Å². The fourth-order valence-electron chi connectivity index (χ4n) is 4.78. The first-order valence-electron chi connectivity index (χ1n) is 11.4. The standard InChI is InChI=1S/C27H18Cl4N2O5/c1-12-5-3-6-13(2)24(12)32-11-14(9-17(32)34)27(37)38-16-8-4-7-15(10-16)33-25(35)18-19(26(33)36)21(29)23(31)22(30)20(18)28/h3-8,10,14H,9,11H2,1-2H3/t14-/m1/s1. The van der Waals surface area contributed by atoms with E-state index in [-0.39, 0.29) is 61.5 Å². The van der Waals surface area contributed by atoms with Gasteiger partial charge >= 0.3 is 5.97 Å². The van der Waals surface area contributed by atoms with Crippen LogP contribution in [0.5, 0.6) is 5.75 Å². The average molecular weight is 592 g/mol. The van der Waals surface area contributed by atoms with Crippen LogP contribution < -0.4 is 14.5 Å². The van der Waals surface area contributed by atoms with Gasteiger partial charge < -0.3 is 9.64 Å². The lowest BCUT2D eigenvalue weighted by atomic mass is 10.1. The van der Waals surface area contributed by atoms with Crippen molar-refractivity contribution < 1.29 is 23.9 Å². The zero-order chi connectivity index (χ0) is 27.5. The number of amides is 3. The number of halogens is 4. The smallest absolute Gasteiger partial charge is 0.316 e. The molecule has 194 valence electrons. The summed E-state index contributed by atoms with van der Waals surface area (Å²) in [5, 5.41) is -0.634. The first kappa shape index (κ1) is 26.5. The highest BCUT2D eigenvalue weighted by Gasteiger charge is 2.43. The van der Waals surface area contributed by atoms with Gasteiger partial charge in [-0.25, -0.2) is 4.90 Å². The second kappa shape index (κ2) is 9.89. The number of benzene rings is 3. The second-order valence-electron chi connectivity index (χ2n) is 9.02. The van der Waals surface area contributed by atoms with Crippen LogP contribution in [0, 0.1) is 19.8 Å². The van der Waals surface area contributed by atoms with Crippen LogP contribution in [0.1, 0.15) is 38.3 Å². The molecule has 2 aliphatic rings. The lowest BCUT2D eigenvalue weighted by Crippen LogP contribution is -2.30. The number of carbonyl (C=O) groups is 4. The maximum absolute atomic E-state index is 13.2. The third kappa shape index (κ3) is 4.24. The zero-order valence-corrected chi connectivity index (χ0v) is 23.0. The lowest BCUT2D eigenvalue weighted by molar-refractivity contribution is -0.139. The van der Waals surface area contributed by atoms with Gasteiger partial charge in [-0.2, -0.15) is 0 Å². The van der Waals surface area contributed by atoms with Gasteiger partial charge in [0.05, 0.1) is 42.8 Å². The zero-order valence-electron chi connectivity index (χ0n) is 20.0. The monoisotopic (exact) mass is 590 g/mol. The van der Waals surface area contributed by atoms with E-state index in [2.05, 4.69) is 0 Å². The largest absolute Gasteiger partial charge is 0.426 e. The molecule has 1 fully saturated rings. The highest BCUT2D eigenvalue weighted by atomic mass is 35.5. The van der Waals surface area contributed by atoms with Gasteiger partial charge in [-0.1, -0.05) is 70.7 Å². The Hall–Kier alpha value is -3.10. The minimum Gasteiger partial charge on any atom is -0.426 e. The molecule has 0 aromatic heterocycles. The summed E-state index contributed by atoms with van der Waals surface area (Å²) >= 11 is 24.6. The molecule has 0 N–H and O–H groups in total. The van der Waals surface area contributed by atoms with E-state index in [9.17, 15) is 19.2 Å². The van der Waals surface area contributed by atoms with Gasteiger partial charge in [-0.3, -0.25) is 19.2 Å². The number of para-hydroxylation sites is 1. The summed E-state index contributed by atoms with van der Waals surface area (Å²) in [5.41, 5.74) is 2.47. The molecule has 0 spiro atoms. The van der Waals surface area contributed by atoms with E-state index in [4.69, 9.17) is 51.1 Å². The summed E-state index contributed by atoms with van der Waals surface area (Å²) in [6, 6.07) is 11.6. The van der Waals surface area contributed by atoms with E-state index in [0.29, 0.717) is 0 Å². The molecular formula is C27H18Cl4N2O5. The summed E-state index contributed by atoms with van der Waals surface area (Å²) in [7, 11) is 0. The molecule has 11 heteroatoms. The predicted octanol–water partition coefficient (Wildman–Crippen LogP) is 6.68. The lowest BCUT2D eigenvalue weighted by Gasteiger charge is -2.21. The third-order valence-electron chi connectivity index (χ3n) is 6.56. The number of hydrogen-bond donors (Lipinski definition) is 0. The molecule has 0 aliphatic carbocycles. The minimum absolute atomic E-state index is 0.00320. The summed E-state index contributed by atoms with van der Waals surface area (Å²) < 4.78 is 5.56. The SMILES string of the molecule is Cc1cccc(C)c1N1C[C@H](C(=O)Oc2cccc(N3C(=O)c4c(Cl)c(Cl)c(Cl)c(Cl)c4C3=O)c2)CC1=O. The van der Waals surface area contributed by atoms with Gasteiger partial charge in [0.2, 0.25) is 5.91 Å². The van der Waals surface area contributed by atoms with Crippen LogP contribution in [-0.2, 0) is 9.59 Å². The number of imide groups is 1. The number of esters is 1. The van der Waals surface area contributed by atoms with Crippen LogP contribution in [0.15, 0.2) is 42.5 Å². The summed E-state index contributed by atoms with van der Waals surface area (Å²) in [4.78, 5) is 54.5. The molecule has 0 radical (unpaired) electrons. The second-order valence-corrected chi connectivity index (χ2v) is 10.5. The molecule has 1 saturated heterocycles. The Kier molecular flexibility index (Phi) is 6.90. The molecular weight excluding hydrogens is 574 g/mol. The number of anilines is 2. The van der Waals surface area contributed by atoms with Crippen molar-refractivity contribution in [3.8, 4) is 5.75 Å². The van der Waals surface area contributed by atoms with Crippen molar-refractivity contribution in [1.29, 1.82) is 0 Å². The maximum Gasteiger partial charge on any atom is 0.316 e. The van der Waals surface area contributed by atoms with E-state index in [1.165, 1.54) is 24.3 Å². The summed E-state index contributed by atoms with van der Waals surface area (Å²) in [6.45, 7) is 4.00. The van der Waals surface area contributed by atoms with Crippen molar-refractivity contribution in [2.75, 3.05) is 16.3 Å². The molecule has 2 aliphatic heterocycles. The number of rotatable bonds is 4. The maximum atomic E-state index is 13.2. The Bertz CT molecular complexity index is 1500. The fraction of sp³-hybridized carbons (Fsp3) is 0.185. The number of hydrogen-bond acceptors (Lipinski definition) is 5. The van der Waals surface area contributed by atoms with Crippen molar-refractivity contribution in [1.82, 2.24) is 0 Å². The van der Waals surface area contributed by atoms with Crippen LogP contribution in [0.3, 0.4) is 0 Å². The normalized spacial score (nSPS) is 16.9. The molecule has 3 aromatic rings. The number of nitrogens with zero attached hydrogens (tertiary/aromatic N) is 2. The summed E-state index contributed by atoms with van der Waals surface area (Å²) in [5.74, 6) is -2.86. The predicted molar refractivity (Wildman–Crippen MR) is 146 cm³/mol. The van der Waals surface area contributed by atoms with Crippen molar-refractivity contribution >= 4 is 81.5 Å². The first-order valence-corrected chi connectivity index (χ1v) is 13.0. The van der Waals surface area contributed by atoms with E-state index in [1.54, 1.807) is 4.90 Å². The Morgan fingerprint density at radius 2 is 1.39 bits per heavy atom. The molecule has 3 aromatic carbocycles. The van der Waals surface area contributed by atoms with Crippen LogP contribution >= 0.6 is 46.4 Å². The van der Waals surface area contributed by atoms with Gasteiger partial charge in [0.25, 0.3) is 11.8 Å². The molecule has 38 heavy (non-hydrogen) atoms. The van der Waals surface area contributed by atoms with E-state index < -0.39 is 23.7 Å². The van der Waals surface area contributed by atoms with E-state index >= 15 is 0 Å². The molecule has 0 bridgehead atoms. The summed E-state index contributed by atoms with van der Waals surface area (Å²) in [6.07, 6.45) is 0.00320. The molecule has 5 rings (SSSR count). The van der Waals surface area contributed by atoms with Crippen molar-refractivity contribution in [3.05, 3.63) is 84.8 Å². The molecule has 3 amide bonds. The molecule has 0 unspecified atom stereocenters. The number of aryl methyl sites for hydroxylation is 2. The quantitative estimate of drug-likeness (QED) is 0.111. The van der Waals surface area contributed by atoms with Gasteiger partial charge in [0.1, 0.15) is 5.75 Å². The van der Waals surface area contributed by atoms with Crippen LogP contribution in [0.25, 0.3) is 0 Å². The average Bonchev–Trinajstić information content (AvgIpc) is 3.38. The molecule has 1 atom stereocenters. The fourth-order valence-corrected chi connectivity index (χ4v) is 5.80. The molecule has 2 heterocycles. The first-order chi connectivity index (χ1) is 18.0. The van der Waals surface area contributed by atoms with Gasteiger partial charge in [-0.05, 0) is 37.1 Å². The Labute approximate surface area is 237 Å². The topological polar surface area (TPSA) is 84.0 Å². The Morgan fingerprint density at radius 1 is 0.842 bits per heavy atom. The van der Waals surface area contributed by atoms with Crippen LogP contribution in [0.4, 0.5) is 11.4 Å². The number of carbonyl (C=O) groups excluding carboxylic acids is 4. The highest BCUT2D eigenvalue weighted by Crippen LogP contribution is 2.46. The van der Waals surface area contributed by atoms with Crippen molar-refractivity contribution in [2.45, 2.75) is 20.3 Å². The highest BCUT2D eigenvalue weighted by molar-refractivity contribution is 6.56. The van der Waals surface area contributed by atoms with Crippen LogP contribution in [-0.4, -0.2) is 30.2 Å². The molecule has 7 nitrogen and oxygen atoms in total. The molecule has 0 saturated carbocycles. The minimum atomic E-state index is -0.746. The van der Waals surface area contributed by atoms with Gasteiger partial charge in [0, 0.05) is 24.7 Å². The third-order valence-corrected chi connectivity index (χ3v) is 8.37. The van der Waals surface area contributed by atoms with E-state index in [0.717, 1.165) is 21.7 Å². The number of fused-ring (bicyclic) bond motifs is 1. The Balaban J connectivity index is 1.38. The Morgan fingerprint density at radius 3 is 1.97 bits per heavy atom. The van der Waals surface area contributed by atoms with Gasteiger partial charge in [-0.15, -0.1) is 0 Å². The van der Waals surface area contributed by atoms with Crippen molar-refractivity contribution in [2.24, 2.45) is 5.92 Å². The van der Waals surface area contributed by atoms with Gasteiger partial charge in [0.15, 0.2) is 0 Å².